The minimum atomic E-state index is -5.22. The van der Waals surface area contributed by atoms with Gasteiger partial charge in [0.1, 0.15) is 23.6 Å². The van der Waals surface area contributed by atoms with Crippen molar-refractivity contribution in [2.45, 2.75) is 134 Å². The summed E-state index contributed by atoms with van der Waals surface area (Å²) in [5, 5.41) is 34.2. The molecule has 10 N–H and O–H groups in total. The second-order valence-electron chi connectivity index (χ2n) is 18.6. The molecule has 0 radical (unpaired) electrons. The highest BCUT2D eigenvalue weighted by Gasteiger charge is 2.44. The predicted octanol–water partition coefficient (Wildman–Crippen LogP) is 0.579. The van der Waals surface area contributed by atoms with E-state index in [2.05, 4.69) is 31.6 Å². The number of H-pyrrole nitrogens is 1. The standard InChI is InChI=1S/C46H64N7O16PS/c1-6-9-27(54)10-24-11-29-30-12-25-13-35(57)40(22(4)7-2)52-43(63)33-16-28(55)20-53(33)46(65)26(15-39(60)61)14-34(56)32(21-71-45(30)50-31(29)17-36(24)69-70(66,67)68)49-37(58)18-48-44(64)41(23(5)8-3)51-38(59)19-47-42(25)62/h11,17,22-23,25-26,28,32-33,40-41,50,55H,6-10,12-16,18-21H2,1-5H3,(H,47,62)(H,48,64)(H,49,58)(H,51,59)(H,52,63)(H,60,61)(H2,66,67,68)/t22?,23-,25+,26-,28+,32-,33-,40-,41-/m0/s1. The molecule has 1 aromatic carbocycles. The number of carboxylic acids is 1. The van der Waals surface area contributed by atoms with E-state index in [-0.39, 0.29) is 64.6 Å². The average Bonchev–Trinajstić information content (AvgIpc) is 3.85. The van der Waals surface area contributed by atoms with Crippen LogP contribution in [-0.2, 0) is 65.4 Å². The number of hydrogen-bond acceptors (Lipinski definition) is 14. The van der Waals surface area contributed by atoms with Gasteiger partial charge in [-0.1, -0.05) is 47.5 Å². The Bertz CT molecular complexity index is 2460. The number of thioether (sulfide) groups is 1. The molecule has 390 valence electrons. The number of carbonyl (C=O) groups is 10. The van der Waals surface area contributed by atoms with E-state index in [0.717, 1.165) is 16.7 Å². The summed E-state index contributed by atoms with van der Waals surface area (Å²) < 4.78 is 17.3. The molecule has 3 aliphatic heterocycles. The molecule has 6 amide bonds. The molecule has 9 atom stereocenters. The number of aliphatic carboxylic acids is 1. The molecule has 1 unspecified atom stereocenters. The van der Waals surface area contributed by atoms with E-state index >= 15 is 0 Å². The molecule has 5 rings (SSSR count). The summed E-state index contributed by atoms with van der Waals surface area (Å²) in [4.78, 5) is 162. The van der Waals surface area contributed by atoms with E-state index < -0.39 is 154 Å². The first-order valence-electron chi connectivity index (χ1n) is 23.7. The van der Waals surface area contributed by atoms with Gasteiger partial charge in [0, 0.05) is 67.3 Å². The number of ketones is 3. The third-order valence-electron chi connectivity index (χ3n) is 13.2. The van der Waals surface area contributed by atoms with Crippen LogP contribution in [0.3, 0.4) is 0 Å². The molecule has 0 spiro atoms. The number of amides is 6. The SMILES string of the molecule is CCCC(=O)Cc1cc2c3c([nH]c2cc1OP(=O)(O)O)SC[C@@H]1NC(=O)CNC(=O)[C@H]([C@@H](C)CC)NC(=O)CNC(=O)[C@@H](CC(=O)[C@H](C(C)CC)NC(=O)[C@@H]2C[C@@H](O)CN2C(=O)[C@H](CC(=O)O)CC1=O)C3. The molecule has 1 aromatic heterocycles. The van der Waals surface area contributed by atoms with Gasteiger partial charge >= 0.3 is 13.8 Å². The lowest BCUT2D eigenvalue weighted by molar-refractivity contribution is -0.148. The number of aliphatic hydroxyl groups excluding tert-OH is 1. The second kappa shape index (κ2) is 24.6. The third-order valence-corrected chi connectivity index (χ3v) is 14.7. The number of phosphoric acid groups is 1. The molecule has 0 aliphatic carbocycles. The van der Waals surface area contributed by atoms with Crippen LogP contribution >= 0.6 is 19.6 Å². The van der Waals surface area contributed by atoms with Crippen molar-refractivity contribution in [1.82, 2.24) is 36.5 Å². The topological polar surface area (TPSA) is 357 Å². The number of aromatic amines is 1. The van der Waals surface area contributed by atoms with Gasteiger partial charge in [0.25, 0.3) is 0 Å². The van der Waals surface area contributed by atoms with Crippen molar-refractivity contribution in [3.63, 3.8) is 0 Å². The van der Waals surface area contributed by atoms with Crippen LogP contribution in [0.4, 0.5) is 0 Å². The van der Waals surface area contributed by atoms with Crippen LogP contribution in [0.25, 0.3) is 10.9 Å². The van der Waals surface area contributed by atoms with Gasteiger partial charge < -0.3 is 51.2 Å². The maximum atomic E-state index is 14.7. The number of carbonyl (C=O) groups excluding carboxylic acids is 9. The molecule has 3 aliphatic rings. The quantitative estimate of drug-likeness (QED) is 0.130. The van der Waals surface area contributed by atoms with Crippen molar-refractivity contribution < 1.29 is 77.0 Å². The number of nitrogens with one attached hydrogen (secondary N) is 6. The lowest BCUT2D eigenvalue weighted by Crippen LogP contribution is -2.55. The molecule has 1 saturated heterocycles. The largest absolute Gasteiger partial charge is 0.524 e. The van der Waals surface area contributed by atoms with E-state index in [1.54, 1.807) is 34.6 Å². The molecule has 25 heteroatoms. The first-order chi connectivity index (χ1) is 33.4. The van der Waals surface area contributed by atoms with Crippen LogP contribution in [-0.4, -0.2) is 144 Å². The van der Waals surface area contributed by atoms with Crippen LogP contribution in [0.5, 0.6) is 5.75 Å². The summed E-state index contributed by atoms with van der Waals surface area (Å²) in [5.41, 5.74) is 0.508. The summed E-state index contributed by atoms with van der Waals surface area (Å²) in [7, 11) is -5.22. The zero-order valence-corrected chi connectivity index (χ0v) is 42.0. The monoisotopic (exact) mass is 1030 g/mol. The molecule has 1 fully saturated rings. The zero-order chi connectivity index (χ0) is 52.5. The van der Waals surface area contributed by atoms with Crippen LogP contribution < -0.4 is 31.1 Å². The third kappa shape index (κ3) is 14.9. The van der Waals surface area contributed by atoms with Crippen molar-refractivity contribution in [2.24, 2.45) is 23.7 Å². The van der Waals surface area contributed by atoms with E-state index in [1.807, 2.05) is 0 Å². The van der Waals surface area contributed by atoms with Crippen molar-refractivity contribution in [3.05, 3.63) is 23.3 Å². The number of nitrogens with zero attached hydrogens (tertiary/aromatic N) is 1. The zero-order valence-electron chi connectivity index (χ0n) is 40.2. The van der Waals surface area contributed by atoms with Crippen molar-refractivity contribution in [1.29, 1.82) is 0 Å². The molecular weight excluding hydrogens is 970 g/mol. The molecule has 2 bridgehead atoms. The number of phosphoric ester groups is 1. The number of fused-ring (bicyclic) bond motifs is 5. The summed E-state index contributed by atoms with van der Waals surface area (Å²) in [6.07, 6.45) is -3.16. The van der Waals surface area contributed by atoms with E-state index in [1.165, 1.54) is 12.1 Å². The van der Waals surface area contributed by atoms with Crippen LogP contribution in [0.1, 0.15) is 97.1 Å². The van der Waals surface area contributed by atoms with Crippen molar-refractivity contribution in [2.75, 3.05) is 25.4 Å². The van der Waals surface area contributed by atoms with Crippen LogP contribution in [0.2, 0.25) is 0 Å². The Kier molecular flexibility index (Phi) is 19.5. The van der Waals surface area contributed by atoms with Gasteiger partial charge in [-0.15, -0.1) is 11.8 Å². The predicted molar refractivity (Wildman–Crippen MR) is 254 cm³/mol. The highest BCUT2D eigenvalue weighted by Crippen LogP contribution is 2.43. The Morgan fingerprint density at radius 2 is 1.49 bits per heavy atom. The van der Waals surface area contributed by atoms with Crippen LogP contribution in [0, 0.1) is 23.7 Å². The summed E-state index contributed by atoms with van der Waals surface area (Å²) in [5.74, 6) is -13.1. The minimum Gasteiger partial charge on any atom is -0.481 e. The van der Waals surface area contributed by atoms with Gasteiger partial charge in [0.2, 0.25) is 35.4 Å². The van der Waals surface area contributed by atoms with Crippen molar-refractivity contribution >= 4 is 89.2 Å². The number of hydrogen-bond donors (Lipinski definition) is 10. The fraction of sp³-hybridized carbons (Fsp3) is 0.609. The fourth-order valence-electron chi connectivity index (χ4n) is 8.98. The molecule has 2 aromatic rings. The Labute approximate surface area is 413 Å². The van der Waals surface area contributed by atoms with Gasteiger partial charge in [0.05, 0.1) is 54.2 Å². The number of benzene rings is 1. The minimum absolute atomic E-state index is 0.0618. The highest BCUT2D eigenvalue weighted by atomic mass is 32.2. The number of carboxylic acid groups (broad SMARTS) is 1. The van der Waals surface area contributed by atoms with Gasteiger partial charge in [-0.3, -0.25) is 57.7 Å². The average molecular weight is 1030 g/mol. The maximum Gasteiger partial charge on any atom is 0.524 e. The lowest BCUT2D eigenvalue weighted by Gasteiger charge is -2.31. The summed E-state index contributed by atoms with van der Waals surface area (Å²) in [6, 6.07) is -2.75. The van der Waals surface area contributed by atoms with Crippen LogP contribution in [0.15, 0.2) is 17.2 Å². The lowest BCUT2D eigenvalue weighted by atomic mass is 9.86. The summed E-state index contributed by atoms with van der Waals surface area (Å²) >= 11 is 0.911. The van der Waals surface area contributed by atoms with E-state index in [9.17, 15) is 72.5 Å². The van der Waals surface area contributed by atoms with E-state index in [4.69, 9.17) is 4.52 Å². The number of Topliss-reactive ketones (excluding diaryl/α,β-unsaturated/α-hetero) is 3. The first-order valence-corrected chi connectivity index (χ1v) is 26.2. The Morgan fingerprint density at radius 3 is 2.13 bits per heavy atom. The number of rotatable bonds is 12. The van der Waals surface area contributed by atoms with Crippen molar-refractivity contribution in [3.8, 4) is 5.75 Å². The molecule has 4 heterocycles. The number of aliphatic hydroxyl groups is 1. The normalized spacial score (nSPS) is 25.7. The second-order valence-corrected chi connectivity index (χ2v) is 20.8. The highest BCUT2D eigenvalue weighted by molar-refractivity contribution is 7.99. The first kappa shape index (κ1) is 56.2. The number of aromatic nitrogens is 1. The van der Waals surface area contributed by atoms with Gasteiger partial charge in [-0.2, -0.15) is 0 Å². The van der Waals surface area contributed by atoms with Gasteiger partial charge in [-0.05, 0) is 36.3 Å². The molecule has 23 nitrogen and oxygen atoms in total. The smallest absolute Gasteiger partial charge is 0.481 e. The Hall–Kier alpha value is -5.68. The Morgan fingerprint density at radius 1 is 0.845 bits per heavy atom. The maximum absolute atomic E-state index is 14.7. The Balaban J connectivity index is 1.78. The molecular formula is C46H64N7O16PS. The van der Waals surface area contributed by atoms with Gasteiger partial charge in [-0.25, -0.2) is 4.57 Å². The van der Waals surface area contributed by atoms with E-state index in [0.29, 0.717) is 24.6 Å². The fourth-order valence-corrected chi connectivity index (χ4v) is 10.6. The molecule has 0 saturated carbocycles. The summed E-state index contributed by atoms with van der Waals surface area (Å²) in [6.45, 7) is 6.85. The molecule has 71 heavy (non-hydrogen) atoms. The van der Waals surface area contributed by atoms with Gasteiger partial charge in [0.15, 0.2) is 11.6 Å².